The first-order chi connectivity index (χ1) is 14.7. The molecule has 30 heavy (non-hydrogen) atoms. The monoisotopic (exact) mass is 433 g/mol. The van der Waals surface area contributed by atoms with E-state index in [0.29, 0.717) is 43.1 Å². The summed E-state index contributed by atoms with van der Waals surface area (Å²) < 4.78 is 18.4. The van der Waals surface area contributed by atoms with Gasteiger partial charge in [0.2, 0.25) is 0 Å². The number of rotatable bonds is 6. The van der Waals surface area contributed by atoms with Gasteiger partial charge in [0, 0.05) is 56.0 Å². The van der Waals surface area contributed by atoms with Crippen LogP contribution in [0.15, 0.2) is 22.4 Å². The molecule has 0 bridgehead atoms. The average Bonchev–Trinajstić information content (AvgIpc) is 3.19. The number of hydrogen-bond donors (Lipinski definition) is 0. The van der Waals surface area contributed by atoms with E-state index in [-0.39, 0.29) is 11.7 Å². The highest BCUT2D eigenvalue weighted by Gasteiger charge is 2.27. The van der Waals surface area contributed by atoms with Crippen molar-refractivity contribution in [3.63, 3.8) is 0 Å². The van der Waals surface area contributed by atoms with E-state index < -0.39 is 5.97 Å². The molecule has 0 saturated carbocycles. The molecule has 4 rings (SSSR count). The van der Waals surface area contributed by atoms with Crippen LogP contribution >= 0.6 is 11.3 Å². The first-order valence-corrected chi connectivity index (χ1v) is 11.2. The van der Waals surface area contributed by atoms with Crippen LogP contribution in [0, 0.1) is 0 Å². The van der Waals surface area contributed by atoms with Crippen molar-refractivity contribution in [1.82, 2.24) is 14.5 Å². The molecule has 2 aromatic heterocycles. The van der Waals surface area contributed by atoms with Crippen LogP contribution in [0.5, 0.6) is 5.75 Å². The van der Waals surface area contributed by atoms with Crippen LogP contribution in [-0.2, 0) is 29.0 Å². The zero-order valence-electron chi connectivity index (χ0n) is 17.2. The van der Waals surface area contributed by atoms with Crippen molar-refractivity contribution in [3.05, 3.63) is 44.3 Å². The summed E-state index contributed by atoms with van der Waals surface area (Å²) in [6, 6.07) is 1.41. The molecule has 2 aliphatic heterocycles. The van der Waals surface area contributed by atoms with Gasteiger partial charge in [-0.15, -0.1) is 11.3 Å². The fourth-order valence-electron chi connectivity index (χ4n) is 4.03. The largest absolute Gasteiger partial charge is 0.490 e. The van der Waals surface area contributed by atoms with Crippen LogP contribution in [0.3, 0.4) is 0 Å². The summed E-state index contributed by atoms with van der Waals surface area (Å²) in [7, 11) is 1.35. The fraction of sp³-hybridized carbons (Fsp3) is 0.571. The zero-order valence-corrected chi connectivity index (χ0v) is 18.0. The smallest absolute Gasteiger partial charge is 0.343 e. The third-order valence-corrected chi connectivity index (χ3v) is 6.38. The van der Waals surface area contributed by atoms with Crippen molar-refractivity contribution in [2.45, 2.75) is 44.9 Å². The lowest BCUT2D eigenvalue weighted by Crippen LogP contribution is -2.30. The molecule has 2 aliphatic rings. The predicted octanol–water partition coefficient (Wildman–Crippen LogP) is 2.10. The quantitative estimate of drug-likeness (QED) is 0.645. The number of pyridine rings is 1. The van der Waals surface area contributed by atoms with Gasteiger partial charge < -0.3 is 18.8 Å². The van der Waals surface area contributed by atoms with Gasteiger partial charge in [0.15, 0.2) is 0 Å². The first kappa shape index (κ1) is 21.0. The van der Waals surface area contributed by atoms with Crippen molar-refractivity contribution in [1.29, 1.82) is 0 Å². The van der Waals surface area contributed by atoms with Crippen molar-refractivity contribution in [3.8, 4) is 5.75 Å². The molecular formula is C21H27N3O5S. The molecule has 1 saturated heterocycles. The van der Waals surface area contributed by atoms with Crippen LogP contribution in [0.25, 0.3) is 0 Å². The Morgan fingerprint density at radius 3 is 2.97 bits per heavy atom. The molecule has 0 spiro atoms. The summed E-state index contributed by atoms with van der Waals surface area (Å²) in [6.45, 7) is 3.72. The number of esters is 1. The lowest BCUT2D eigenvalue weighted by molar-refractivity contribution is -0.0114. The summed E-state index contributed by atoms with van der Waals surface area (Å²) in [4.78, 5) is 32.1. The second kappa shape index (κ2) is 9.72. The number of carbonyl (C=O) groups is 1. The molecule has 0 unspecified atom stereocenters. The van der Waals surface area contributed by atoms with E-state index in [1.165, 1.54) is 13.2 Å². The van der Waals surface area contributed by atoms with Crippen LogP contribution in [0.1, 0.15) is 40.3 Å². The van der Waals surface area contributed by atoms with E-state index in [0.717, 1.165) is 44.0 Å². The van der Waals surface area contributed by atoms with E-state index in [9.17, 15) is 9.59 Å². The molecule has 0 aromatic carbocycles. The number of thiazole rings is 1. The molecule has 2 aromatic rings. The van der Waals surface area contributed by atoms with E-state index in [1.807, 2.05) is 5.38 Å². The van der Waals surface area contributed by atoms with Crippen LogP contribution < -0.4 is 10.3 Å². The third kappa shape index (κ3) is 4.74. The molecule has 162 valence electrons. The second-order valence-electron chi connectivity index (χ2n) is 7.56. The molecule has 9 heteroatoms. The summed E-state index contributed by atoms with van der Waals surface area (Å²) >= 11 is 1.62. The van der Waals surface area contributed by atoms with E-state index >= 15 is 0 Å². The van der Waals surface area contributed by atoms with Crippen LogP contribution in [0.2, 0.25) is 0 Å². The van der Waals surface area contributed by atoms with Crippen molar-refractivity contribution in [2.75, 3.05) is 33.4 Å². The zero-order chi connectivity index (χ0) is 20.9. The molecule has 4 heterocycles. The Morgan fingerprint density at radius 2 is 2.23 bits per heavy atom. The number of fused-ring (bicyclic) bond motifs is 1. The Kier molecular flexibility index (Phi) is 6.81. The van der Waals surface area contributed by atoms with Gasteiger partial charge in [-0.1, -0.05) is 0 Å². The standard InChI is InChI=1S/C21H27N3O5S/c1-27-21(26)20-16-5-7-23(13-18-22-6-11-30-18)8-9-24(16)19(25)12-17(20)29-14-15-4-2-3-10-28-15/h6,11-12,15H,2-5,7-10,13-14H2,1H3/t15-/m1/s1. The van der Waals surface area contributed by atoms with Gasteiger partial charge in [-0.25, -0.2) is 9.78 Å². The molecule has 0 amide bonds. The Labute approximate surface area is 179 Å². The predicted molar refractivity (Wildman–Crippen MR) is 112 cm³/mol. The van der Waals surface area contributed by atoms with E-state index in [1.54, 1.807) is 22.1 Å². The Bertz CT molecular complexity index is 921. The van der Waals surface area contributed by atoms with Gasteiger partial charge in [0.25, 0.3) is 5.56 Å². The molecule has 1 atom stereocenters. The number of hydrogen-bond acceptors (Lipinski definition) is 8. The van der Waals surface area contributed by atoms with E-state index in [4.69, 9.17) is 14.2 Å². The van der Waals surface area contributed by atoms with Crippen molar-refractivity contribution < 1.29 is 19.0 Å². The maximum Gasteiger partial charge on any atom is 0.343 e. The number of nitrogens with zero attached hydrogens (tertiary/aromatic N) is 3. The SMILES string of the molecule is COC(=O)c1c(OC[C@H]2CCCCO2)cc(=O)n2c1CCN(Cc1nccs1)CC2. The molecule has 1 fully saturated rings. The summed E-state index contributed by atoms with van der Waals surface area (Å²) in [5.74, 6) is -0.188. The van der Waals surface area contributed by atoms with Crippen molar-refractivity contribution >= 4 is 17.3 Å². The normalized spacial score (nSPS) is 19.7. The maximum atomic E-state index is 12.8. The lowest BCUT2D eigenvalue weighted by Gasteiger charge is -2.24. The highest BCUT2D eigenvalue weighted by Crippen LogP contribution is 2.25. The van der Waals surface area contributed by atoms with Crippen LogP contribution in [0.4, 0.5) is 0 Å². The Balaban J connectivity index is 1.58. The van der Waals surface area contributed by atoms with Crippen LogP contribution in [-0.4, -0.2) is 59.9 Å². The third-order valence-electron chi connectivity index (χ3n) is 5.62. The maximum absolute atomic E-state index is 12.8. The Morgan fingerprint density at radius 1 is 1.33 bits per heavy atom. The molecule has 0 aliphatic carbocycles. The van der Waals surface area contributed by atoms with Gasteiger partial charge in [-0.2, -0.15) is 0 Å². The fourth-order valence-corrected chi connectivity index (χ4v) is 4.69. The van der Waals surface area contributed by atoms with E-state index in [2.05, 4.69) is 9.88 Å². The molecular weight excluding hydrogens is 406 g/mol. The number of ether oxygens (including phenoxy) is 3. The lowest BCUT2D eigenvalue weighted by atomic mass is 10.1. The highest BCUT2D eigenvalue weighted by atomic mass is 32.1. The van der Waals surface area contributed by atoms with Gasteiger partial charge in [0.1, 0.15) is 22.9 Å². The second-order valence-corrected chi connectivity index (χ2v) is 8.54. The topological polar surface area (TPSA) is 82.9 Å². The molecule has 8 nitrogen and oxygen atoms in total. The van der Waals surface area contributed by atoms with Gasteiger partial charge in [0.05, 0.1) is 19.8 Å². The summed E-state index contributed by atoms with van der Waals surface area (Å²) in [6.07, 6.45) is 5.42. The summed E-state index contributed by atoms with van der Waals surface area (Å²) in [5, 5.41) is 3.00. The minimum atomic E-state index is -0.480. The minimum Gasteiger partial charge on any atom is -0.490 e. The molecule has 0 N–H and O–H groups in total. The minimum absolute atomic E-state index is 0.0143. The number of aromatic nitrogens is 2. The highest BCUT2D eigenvalue weighted by molar-refractivity contribution is 7.09. The van der Waals surface area contributed by atoms with Crippen molar-refractivity contribution in [2.24, 2.45) is 0 Å². The van der Waals surface area contributed by atoms with Gasteiger partial charge >= 0.3 is 5.97 Å². The number of methoxy groups -OCH3 is 1. The van der Waals surface area contributed by atoms with Gasteiger partial charge in [-0.3, -0.25) is 9.69 Å². The average molecular weight is 434 g/mol. The Hall–Kier alpha value is -2.23. The first-order valence-electron chi connectivity index (χ1n) is 10.4. The molecule has 0 radical (unpaired) electrons. The summed E-state index contributed by atoms with van der Waals surface area (Å²) in [5.41, 5.74) is 0.868. The van der Waals surface area contributed by atoms with Gasteiger partial charge in [-0.05, 0) is 19.3 Å². The number of carbonyl (C=O) groups excluding carboxylic acids is 1.